The molecule has 0 bridgehead atoms. The van der Waals surface area contributed by atoms with Crippen molar-refractivity contribution in [3.8, 4) is 17.1 Å². The van der Waals surface area contributed by atoms with Crippen molar-refractivity contribution in [1.29, 1.82) is 0 Å². The molecule has 0 unspecified atom stereocenters. The number of hydrazine groups is 1. The van der Waals surface area contributed by atoms with Crippen molar-refractivity contribution in [3.63, 3.8) is 0 Å². The summed E-state index contributed by atoms with van der Waals surface area (Å²) in [7, 11) is 0. The van der Waals surface area contributed by atoms with Gasteiger partial charge < -0.3 is 4.74 Å². The first-order valence-electron chi connectivity index (χ1n) is 8.28. The zero-order valence-electron chi connectivity index (χ0n) is 14.6. The summed E-state index contributed by atoms with van der Waals surface area (Å²) in [5, 5.41) is 0.302. The van der Waals surface area contributed by atoms with Gasteiger partial charge in [-0.15, -0.1) is 0 Å². The lowest BCUT2D eigenvalue weighted by molar-refractivity contribution is -0.120. The molecule has 1 amide bonds. The largest absolute Gasteiger partial charge is 0.473 e. The summed E-state index contributed by atoms with van der Waals surface area (Å²) in [5.41, 5.74) is 3.50. The number of pyridine rings is 1. The van der Waals surface area contributed by atoms with Crippen LogP contribution in [0.15, 0.2) is 54.6 Å². The van der Waals surface area contributed by atoms with Crippen molar-refractivity contribution in [2.45, 2.75) is 13.0 Å². The molecule has 1 heterocycles. The summed E-state index contributed by atoms with van der Waals surface area (Å²) in [6.07, 6.45) is -0.161. The number of benzene rings is 2. The second kappa shape index (κ2) is 8.77. The van der Waals surface area contributed by atoms with E-state index < -0.39 is 17.5 Å². The second-order valence-corrected chi connectivity index (χ2v) is 6.37. The normalized spacial score (nSPS) is 10.6. The average molecular weight is 404 g/mol. The maximum atomic E-state index is 14.2. The lowest BCUT2D eigenvalue weighted by Gasteiger charge is -2.09. The van der Waals surface area contributed by atoms with Crippen LogP contribution < -0.4 is 16.0 Å². The van der Waals surface area contributed by atoms with E-state index in [-0.39, 0.29) is 24.5 Å². The Kier molecular flexibility index (Phi) is 6.18. The van der Waals surface area contributed by atoms with Gasteiger partial charge in [-0.2, -0.15) is 0 Å². The number of amides is 1. The quantitative estimate of drug-likeness (QED) is 0.373. The lowest BCUT2D eigenvalue weighted by atomic mass is 10.1. The third kappa shape index (κ3) is 4.82. The number of rotatable bonds is 6. The SMILES string of the molecule is NNC(=O)Cc1ccc(-c2cccc(OCc3ccc(Cl)cc3F)n2)cc1F. The molecule has 0 aliphatic carbocycles. The van der Waals surface area contributed by atoms with Crippen LogP contribution in [0.5, 0.6) is 5.88 Å². The van der Waals surface area contributed by atoms with Gasteiger partial charge in [0.1, 0.15) is 18.2 Å². The molecule has 0 spiro atoms. The second-order valence-electron chi connectivity index (χ2n) is 5.94. The van der Waals surface area contributed by atoms with Crippen molar-refractivity contribution in [3.05, 3.63) is 82.4 Å². The molecule has 0 saturated heterocycles. The first-order valence-corrected chi connectivity index (χ1v) is 8.66. The van der Waals surface area contributed by atoms with E-state index in [9.17, 15) is 13.6 Å². The molecule has 3 rings (SSSR count). The smallest absolute Gasteiger partial charge is 0.238 e. The number of nitrogens with zero attached hydrogens (tertiary/aromatic N) is 1. The van der Waals surface area contributed by atoms with Crippen LogP contribution in [-0.2, 0) is 17.8 Å². The van der Waals surface area contributed by atoms with Gasteiger partial charge in [0.25, 0.3) is 0 Å². The maximum Gasteiger partial charge on any atom is 0.238 e. The molecule has 2 aromatic carbocycles. The number of hydrogen-bond donors (Lipinski definition) is 2. The number of nitrogens with two attached hydrogens (primary N) is 1. The lowest BCUT2D eigenvalue weighted by Crippen LogP contribution is -2.31. The number of hydrogen-bond acceptors (Lipinski definition) is 4. The van der Waals surface area contributed by atoms with E-state index in [1.807, 2.05) is 5.43 Å². The maximum absolute atomic E-state index is 14.2. The van der Waals surface area contributed by atoms with Gasteiger partial charge in [0.05, 0.1) is 12.1 Å². The molecule has 0 radical (unpaired) electrons. The first-order chi connectivity index (χ1) is 13.5. The molecule has 3 aromatic rings. The summed E-state index contributed by atoms with van der Waals surface area (Å²) in [5.74, 6) is 3.78. The number of ether oxygens (including phenoxy) is 1. The summed E-state index contributed by atoms with van der Waals surface area (Å²) in [6.45, 7) is -0.0268. The highest BCUT2D eigenvalue weighted by Crippen LogP contribution is 2.23. The Morgan fingerprint density at radius 1 is 1.07 bits per heavy atom. The van der Waals surface area contributed by atoms with Gasteiger partial charge in [0, 0.05) is 22.2 Å². The average Bonchev–Trinajstić information content (AvgIpc) is 2.69. The zero-order valence-corrected chi connectivity index (χ0v) is 15.3. The third-order valence-electron chi connectivity index (χ3n) is 3.98. The molecular formula is C20H16ClF2N3O2. The molecule has 0 aliphatic rings. The Hall–Kier alpha value is -3.03. The van der Waals surface area contributed by atoms with Crippen molar-refractivity contribution in [1.82, 2.24) is 10.4 Å². The van der Waals surface area contributed by atoms with Gasteiger partial charge >= 0.3 is 0 Å². The predicted octanol–water partition coefficient (Wildman–Crippen LogP) is 3.79. The highest BCUT2D eigenvalue weighted by atomic mass is 35.5. The summed E-state index contributed by atoms with van der Waals surface area (Å²) in [6, 6.07) is 13.7. The predicted molar refractivity (Wildman–Crippen MR) is 101 cm³/mol. The first kappa shape index (κ1) is 19.7. The van der Waals surface area contributed by atoms with Crippen LogP contribution in [0, 0.1) is 11.6 Å². The number of carbonyl (C=O) groups is 1. The van der Waals surface area contributed by atoms with Crippen molar-refractivity contribution in [2.75, 3.05) is 0 Å². The van der Waals surface area contributed by atoms with Gasteiger partial charge in [-0.1, -0.05) is 35.9 Å². The fraction of sp³-hybridized carbons (Fsp3) is 0.100. The van der Waals surface area contributed by atoms with Crippen LogP contribution >= 0.6 is 11.6 Å². The number of nitrogens with one attached hydrogen (secondary N) is 1. The molecule has 1 aromatic heterocycles. The molecular weight excluding hydrogens is 388 g/mol. The summed E-state index contributed by atoms with van der Waals surface area (Å²) >= 11 is 5.73. The van der Waals surface area contributed by atoms with Crippen molar-refractivity contribution in [2.24, 2.45) is 5.84 Å². The molecule has 0 saturated carbocycles. The molecule has 3 N–H and O–H groups in total. The molecule has 0 aliphatic heterocycles. The van der Waals surface area contributed by atoms with Crippen LogP contribution in [-0.4, -0.2) is 10.9 Å². The van der Waals surface area contributed by atoms with Gasteiger partial charge in [0.2, 0.25) is 11.8 Å². The molecule has 5 nitrogen and oxygen atoms in total. The van der Waals surface area contributed by atoms with Crippen LogP contribution in [0.2, 0.25) is 5.02 Å². The minimum Gasteiger partial charge on any atom is -0.473 e. The molecule has 0 atom stereocenters. The molecule has 28 heavy (non-hydrogen) atoms. The Labute approximate surface area is 165 Å². The van der Waals surface area contributed by atoms with Crippen molar-refractivity contribution >= 4 is 17.5 Å². The minimum atomic E-state index is -0.544. The monoisotopic (exact) mass is 403 g/mol. The van der Waals surface area contributed by atoms with Crippen molar-refractivity contribution < 1.29 is 18.3 Å². The van der Waals surface area contributed by atoms with E-state index in [2.05, 4.69) is 4.98 Å². The van der Waals surface area contributed by atoms with E-state index in [1.165, 1.54) is 24.3 Å². The van der Waals surface area contributed by atoms with Gasteiger partial charge in [-0.05, 0) is 29.8 Å². The molecule has 8 heteroatoms. The van der Waals surface area contributed by atoms with E-state index >= 15 is 0 Å². The standard InChI is InChI=1S/C20H16ClF2N3O2/c21-15-7-6-14(17(23)10-15)11-28-20-3-1-2-18(25-20)13-5-4-12(16(22)8-13)9-19(27)26-24/h1-8,10H,9,11,24H2,(H,26,27). The Morgan fingerprint density at radius 3 is 2.54 bits per heavy atom. The van der Waals surface area contributed by atoms with Crippen LogP contribution in [0.1, 0.15) is 11.1 Å². The van der Waals surface area contributed by atoms with Gasteiger partial charge in [-0.25, -0.2) is 19.6 Å². The Bertz CT molecular complexity index is 1010. The van der Waals surface area contributed by atoms with E-state index in [0.717, 1.165) is 0 Å². The number of carbonyl (C=O) groups excluding carboxylic acids is 1. The highest BCUT2D eigenvalue weighted by molar-refractivity contribution is 6.30. The van der Waals surface area contributed by atoms with E-state index in [1.54, 1.807) is 30.3 Å². The summed E-state index contributed by atoms with van der Waals surface area (Å²) < 4.78 is 33.6. The Balaban J connectivity index is 1.75. The summed E-state index contributed by atoms with van der Waals surface area (Å²) in [4.78, 5) is 15.6. The van der Waals surface area contributed by atoms with E-state index in [4.69, 9.17) is 22.2 Å². The van der Waals surface area contributed by atoms with Crippen LogP contribution in [0.3, 0.4) is 0 Å². The number of halogens is 3. The van der Waals surface area contributed by atoms with Gasteiger partial charge in [0.15, 0.2) is 0 Å². The fourth-order valence-corrected chi connectivity index (χ4v) is 2.68. The third-order valence-corrected chi connectivity index (χ3v) is 4.21. The zero-order chi connectivity index (χ0) is 20.1. The number of aromatic nitrogens is 1. The van der Waals surface area contributed by atoms with Gasteiger partial charge in [-0.3, -0.25) is 10.2 Å². The van der Waals surface area contributed by atoms with E-state index in [0.29, 0.717) is 21.8 Å². The fourth-order valence-electron chi connectivity index (χ4n) is 2.52. The minimum absolute atomic E-state index is 0.0268. The Morgan fingerprint density at radius 2 is 1.82 bits per heavy atom. The molecule has 0 fully saturated rings. The molecule has 144 valence electrons. The van der Waals surface area contributed by atoms with Crippen LogP contribution in [0.4, 0.5) is 8.78 Å². The highest BCUT2D eigenvalue weighted by Gasteiger charge is 2.11. The van der Waals surface area contributed by atoms with Crippen LogP contribution in [0.25, 0.3) is 11.3 Å². The topological polar surface area (TPSA) is 77.2 Å².